The SMILES string of the molecule is FC(F)(F)c1cc(NCCc2cccc(CCNc3cc(C(F)(F)F)cc(C(F)(F)F)c3)c2)cc(C(F)(F)F)c1. The van der Waals surface area contributed by atoms with Crippen molar-refractivity contribution < 1.29 is 52.7 Å². The van der Waals surface area contributed by atoms with Crippen LogP contribution in [0.4, 0.5) is 64.1 Å². The van der Waals surface area contributed by atoms with Crippen LogP contribution in [0.3, 0.4) is 0 Å². The molecule has 0 aromatic heterocycles. The van der Waals surface area contributed by atoms with Crippen molar-refractivity contribution in [3.05, 3.63) is 94.0 Å². The maximum absolute atomic E-state index is 13.0. The van der Waals surface area contributed by atoms with E-state index in [1.54, 1.807) is 24.3 Å². The van der Waals surface area contributed by atoms with Crippen molar-refractivity contribution in [2.45, 2.75) is 37.5 Å². The van der Waals surface area contributed by atoms with Crippen LogP contribution in [0.15, 0.2) is 60.7 Å². The summed E-state index contributed by atoms with van der Waals surface area (Å²) in [6.07, 6.45) is -19.5. The van der Waals surface area contributed by atoms with Crippen molar-refractivity contribution in [1.29, 1.82) is 0 Å². The Morgan fingerprint density at radius 1 is 0.425 bits per heavy atom. The van der Waals surface area contributed by atoms with Gasteiger partial charge in [0.05, 0.1) is 22.3 Å². The standard InChI is InChI=1S/C26H20F12N2/c27-23(28,29)17-9-18(24(30,31)32)12-21(11-17)39-6-4-15-2-1-3-16(8-15)5-7-40-22-13-19(25(33,34)35)10-20(14-22)26(36,37)38/h1-3,8-14,39-40H,4-7H2. The molecule has 3 rings (SSSR count). The molecule has 3 aromatic carbocycles. The Morgan fingerprint density at radius 3 is 1.00 bits per heavy atom. The van der Waals surface area contributed by atoms with Crippen LogP contribution in [0, 0.1) is 0 Å². The smallest absolute Gasteiger partial charge is 0.385 e. The third-order valence-corrected chi connectivity index (χ3v) is 5.65. The highest BCUT2D eigenvalue weighted by Crippen LogP contribution is 2.39. The summed E-state index contributed by atoms with van der Waals surface area (Å²) in [5.41, 5.74) is -5.28. The highest BCUT2D eigenvalue weighted by Gasteiger charge is 2.38. The number of nitrogens with one attached hydrogen (secondary N) is 2. The van der Waals surface area contributed by atoms with Gasteiger partial charge >= 0.3 is 24.7 Å². The van der Waals surface area contributed by atoms with Gasteiger partial charge in [0.1, 0.15) is 0 Å². The van der Waals surface area contributed by atoms with E-state index in [0.29, 0.717) is 35.4 Å². The molecule has 0 spiro atoms. The van der Waals surface area contributed by atoms with Gasteiger partial charge in [0.15, 0.2) is 0 Å². The van der Waals surface area contributed by atoms with Gasteiger partial charge in [-0.1, -0.05) is 24.3 Å². The molecule has 40 heavy (non-hydrogen) atoms. The molecule has 0 radical (unpaired) electrons. The molecule has 0 saturated carbocycles. The quantitative estimate of drug-likeness (QED) is 0.257. The molecule has 2 nitrogen and oxygen atoms in total. The average molecular weight is 588 g/mol. The zero-order valence-electron chi connectivity index (χ0n) is 20.1. The van der Waals surface area contributed by atoms with Crippen LogP contribution < -0.4 is 10.6 Å². The lowest BCUT2D eigenvalue weighted by Crippen LogP contribution is -2.13. The molecule has 0 fully saturated rings. The van der Waals surface area contributed by atoms with Gasteiger partial charge in [-0.2, -0.15) is 52.7 Å². The molecular formula is C26H20F12N2. The highest BCUT2D eigenvalue weighted by atomic mass is 19.4. The lowest BCUT2D eigenvalue weighted by molar-refractivity contribution is -0.144. The van der Waals surface area contributed by atoms with E-state index in [2.05, 4.69) is 10.6 Å². The van der Waals surface area contributed by atoms with Gasteiger partial charge in [0.25, 0.3) is 0 Å². The monoisotopic (exact) mass is 588 g/mol. The van der Waals surface area contributed by atoms with Crippen LogP contribution in [-0.2, 0) is 37.5 Å². The van der Waals surface area contributed by atoms with Gasteiger partial charge in [-0.15, -0.1) is 0 Å². The van der Waals surface area contributed by atoms with Gasteiger partial charge < -0.3 is 10.6 Å². The van der Waals surface area contributed by atoms with Gasteiger partial charge in [-0.05, 0) is 60.4 Å². The predicted octanol–water partition coefficient (Wildman–Crippen LogP) is 9.07. The number of alkyl halides is 12. The van der Waals surface area contributed by atoms with Crippen LogP contribution in [0.5, 0.6) is 0 Å². The first-order valence-electron chi connectivity index (χ1n) is 11.5. The van der Waals surface area contributed by atoms with Crippen molar-refractivity contribution in [1.82, 2.24) is 0 Å². The molecule has 0 aliphatic carbocycles. The molecule has 2 N–H and O–H groups in total. The average Bonchev–Trinajstić information content (AvgIpc) is 2.82. The number of anilines is 2. The van der Waals surface area contributed by atoms with Gasteiger partial charge in [-0.25, -0.2) is 0 Å². The molecule has 0 aliphatic heterocycles. The molecule has 14 heteroatoms. The predicted molar refractivity (Wildman–Crippen MR) is 124 cm³/mol. The lowest BCUT2D eigenvalue weighted by atomic mass is 10.0. The van der Waals surface area contributed by atoms with Crippen LogP contribution in [0.1, 0.15) is 33.4 Å². The van der Waals surface area contributed by atoms with Crippen LogP contribution in [0.25, 0.3) is 0 Å². The second-order valence-electron chi connectivity index (χ2n) is 8.76. The van der Waals surface area contributed by atoms with Gasteiger partial charge in [0.2, 0.25) is 0 Å². The van der Waals surface area contributed by atoms with Crippen LogP contribution in [-0.4, -0.2) is 13.1 Å². The minimum Gasteiger partial charge on any atom is -0.385 e. The fourth-order valence-corrected chi connectivity index (χ4v) is 3.76. The first kappa shape index (κ1) is 31.0. The third-order valence-electron chi connectivity index (χ3n) is 5.65. The first-order valence-corrected chi connectivity index (χ1v) is 11.5. The largest absolute Gasteiger partial charge is 0.416 e. The zero-order valence-corrected chi connectivity index (χ0v) is 20.1. The Labute approximate surface area is 220 Å². The lowest BCUT2D eigenvalue weighted by Gasteiger charge is -2.16. The molecular weight excluding hydrogens is 568 g/mol. The fourth-order valence-electron chi connectivity index (χ4n) is 3.76. The summed E-state index contributed by atoms with van der Waals surface area (Å²) in [5, 5.41) is 5.08. The summed E-state index contributed by atoms with van der Waals surface area (Å²) >= 11 is 0. The Balaban J connectivity index is 1.63. The van der Waals surface area contributed by atoms with Crippen LogP contribution >= 0.6 is 0 Å². The topological polar surface area (TPSA) is 24.1 Å². The van der Waals surface area contributed by atoms with E-state index in [-0.39, 0.29) is 49.4 Å². The zero-order chi connectivity index (χ0) is 29.9. The Bertz CT molecular complexity index is 1140. The van der Waals surface area contributed by atoms with E-state index in [0.717, 1.165) is 0 Å². The minimum absolute atomic E-state index is 0.0198. The molecule has 0 aliphatic rings. The van der Waals surface area contributed by atoms with Gasteiger partial charge in [0, 0.05) is 24.5 Å². The molecule has 0 amide bonds. The molecule has 218 valence electrons. The Hall–Kier alpha value is -3.58. The molecule has 0 unspecified atom stereocenters. The summed E-state index contributed by atoms with van der Waals surface area (Å²) in [6, 6.07) is 8.86. The molecule has 0 heterocycles. The van der Waals surface area contributed by atoms with E-state index in [1.807, 2.05) is 0 Å². The number of hydrogen-bond acceptors (Lipinski definition) is 2. The molecule has 0 saturated heterocycles. The molecule has 3 aromatic rings. The second kappa shape index (κ2) is 11.5. The second-order valence-corrected chi connectivity index (χ2v) is 8.76. The van der Waals surface area contributed by atoms with E-state index in [4.69, 9.17) is 0 Å². The Morgan fingerprint density at radius 2 is 0.725 bits per heavy atom. The summed E-state index contributed by atoms with van der Waals surface area (Å²) in [5.74, 6) is 0. The Kier molecular flexibility index (Phi) is 8.90. The number of benzene rings is 3. The van der Waals surface area contributed by atoms with Crippen molar-refractivity contribution in [3.63, 3.8) is 0 Å². The fraction of sp³-hybridized carbons (Fsp3) is 0.308. The van der Waals surface area contributed by atoms with E-state index < -0.39 is 47.0 Å². The summed E-state index contributed by atoms with van der Waals surface area (Å²) in [7, 11) is 0. The number of hydrogen-bond donors (Lipinski definition) is 2. The normalized spacial score (nSPS) is 12.9. The minimum atomic E-state index is -4.98. The van der Waals surface area contributed by atoms with E-state index in [9.17, 15) is 52.7 Å². The van der Waals surface area contributed by atoms with Crippen molar-refractivity contribution >= 4 is 11.4 Å². The summed E-state index contributed by atoms with van der Waals surface area (Å²) in [6.45, 7) is -0.0461. The van der Waals surface area contributed by atoms with Crippen LogP contribution in [0.2, 0.25) is 0 Å². The summed E-state index contributed by atoms with van der Waals surface area (Å²) in [4.78, 5) is 0. The van der Waals surface area contributed by atoms with Crippen molar-refractivity contribution in [2.75, 3.05) is 23.7 Å². The van der Waals surface area contributed by atoms with E-state index in [1.165, 1.54) is 0 Å². The highest BCUT2D eigenvalue weighted by molar-refractivity contribution is 5.51. The molecule has 0 atom stereocenters. The molecule has 0 bridgehead atoms. The van der Waals surface area contributed by atoms with Crippen molar-refractivity contribution in [3.8, 4) is 0 Å². The third kappa shape index (κ3) is 8.71. The maximum atomic E-state index is 13.0. The first-order chi connectivity index (χ1) is 18.3. The maximum Gasteiger partial charge on any atom is 0.416 e. The van der Waals surface area contributed by atoms with Crippen molar-refractivity contribution in [2.24, 2.45) is 0 Å². The van der Waals surface area contributed by atoms with Gasteiger partial charge in [-0.3, -0.25) is 0 Å². The van der Waals surface area contributed by atoms with E-state index >= 15 is 0 Å². The summed E-state index contributed by atoms with van der Waals surface area (Å²) < 4.78 is 156. The number of rotatable bonds is 8. The number of halogens is 12.